The number of Topliss-reactive ketones (excluding diaryl/α,β-unsaturated/α-hetero) is 1. The van der Waals surface area contributed by atoms with Crippen molar-refractivity contribution >= 4 is 40.7 Å². The summed E-state index contributed by atoms with van der Waals surface area (Å²) in [5.74, 6) is -1.08. The minimum Gasteiger partial charge on any atom is -0.507 e. The fraction of sp³-hybridized carbons (Fsp3) is 0.167. The highest BCUT2D eigenvalue weighted by Crippen LogP contribution is 2.43. The molecular weight excluding hydrogens is 469 g/mol. The number of amides is 1. The van der Waals surface area contributed by atoms with Crippen molar-refractivity contribution < 1.29 is 28.6 Å². The molecule has 7 nitrogen and oxygen atoms in total. The average Bonchev–Trinajstić information content (AvgIpc) is 3.41. The number of methoxy groups -OCH3 is 2. The summed E-state index contributed by atoms with van der Waals surface area (Å²) in [4.78, 5) is 27.5. The van der Waals surface area contributed by atoms with Crippen LogP contribution >= 0.6 is 23.2 Å². The summed E-state index contributed by atoms with van der Waals surface area (Å²) in [7, 11) is 2.91. The lowest BCUT2D eigenvalue weighted by atomic mass is 9.98. The monoisotopic (exact) mass is 487 g/mol. The standard InChI is InChI=1S/C24H19Cl2NO6/c1-31-15-6-3-5-13(9-15)12-27-20(18-7-4-8-33-18)19(22(29)24(27)30)21(28)16-10-14(25)11-17(26)23(16)32-2/h3-11,20,28H,12H2,1-2H3/b21-19-. The third kappa shape index (κ3) is 4.17. The molecule has 2 heterocycles. The van der Waals surface area contributed by atoms with Crippen LogP contribution in [0.5, 0.6) is 11.5 Å². The van der Waals surface area contributed by atoms with Crippen LogP contribution in [0.1, 0.15) is 22.9 Å². The number of aliphatic hydroxyl groups excluding tert-OH is 1. The Morgan fingerprint density at radius 3 is 2.55 bits per heavy atom. The quantitative estimate of drug-likeness (QED) is 0.291. The Morgan fingerprint density at radius 1 is 1.09 bits per heavy atom. The van der Waals surface area contributed by atoms with Crippen LogP contribution in [-0.2, 0) is 16.1 Å². The Balaban J connectivity index is 1.88. The predicted molar refractivity (Wildman–Crippen MR) is 123 cm³/mol. The van der Waals surface area contributed by atoms with E-state index in [9.17, 15) is 14.7 Å². The van der Waals surface area contributed by atoms with Gasteiger partial charge in [0.25, 0.3) is 11.7 Å². The van der Waals surface area contributed by atoms with E-state index in [2.05, 4.69) is 0 Å². The van der Waals surface area contributed by atoms with Crippen LogP contribution in [0.4, 0.5) is 0 Å². The molecule has 2 aromatic carbocycles. The Labute approximate surface area is 199 Å². The smallest absolute Gasteiger partial charge is 0.296 e. The molecule has 1 saturated heterocycles. The van der Waals surface area contributed by atoms with Crippen LogP contribution in [0.2, 0.25) is 10.0 Å². The summed E-state index contributed by atoms with van der Waals surface area (Å²) in [5, 5.41) is 11.6. The van der Waals surface area contributed by atoms with E-state index in [1.807, 2.05) is 0 Å². The third-order valence-electron chi connectivity index (χ3n) is 5.31. The molecule has 0 spiro atoms. The number of carbonyl (C=O) groups excluding carboxylic acids is 2. The number of ether oxygens (including phenoxy) is 2. The second-order valence-corrected chi connectivity index (χ2v) is 8.11. The lowest BCUT2D eigenvalue weighted by Crippen LogP contribution is -2.29. The van der Waals surface area contributed by atoms with Gasteiger partial charge >= 0.3 is 0 Å². The molecule has 1 N–H and O–H groups in total. The summed E-state index contributed by atoms with van der Waals surface area (Å²) in [5.41, 5.74) is 0.664. The van der Waals surface area contributed by atoms with E-state index in [0.29, 0.717) is 11.5 Å². The fourth-order valence-corrected chi connectivity index (χ4v) is 4.41. The second-order valence-electron chi connectivity index (χ2n) is 7.26. The minimum atomic E-state index is -0.978. The number of furan rings is 1. The molecule has 0 bridgehead atoms. The minimum absolute atomic E-state index is 0.0807. The van der Waals surface area contributed by atoms with E-state index in [-0.39, 0.29) is 33.5 Å². The van der Waals surface area contributed by atoms with Crippen molar-refractivity contribution in [2.45, 2.75) is 12.6 Å². The van der Waals surface area contributed by atoms with E-state index in [1.54, 1.807) is 36.4 Å². The highest BCUT2D eigenvalue weighted by atomic mass is 35.5. The van der Waals surface area contributed by atoms with Crippen LogP contribution in [0.25, 0.3) is 5.76 Å². The van der Waals surface area contributed by atoms with Crippen molar-refractivity contribution in [1.29, 1.82) is 0 Å². The highest BCUT2D eigenvalue weighted by molar-refractivity contribution is 6.46. The molecule has 0 radical (unpaired) electrons. The zero-order chi connectivity index (χ0) is 23.7. The van der Waals surface area contributed by atoms with E-state index >= 15 is 0 Å². The van der Waals surface area contributed by atoms with Gasteiger partial charge in [-0.15, -0.1) is 0 Å². The number of benzene rings is 2. The molecule has 9 heteroatoms. The normalized spacial score (nSPS) is 17.5. The number of hydrogen-bond acceptors (Lipinski definition) is 6. The lowest BCUT2D eigenvalue weighted by molar-refractivity contribution is -0.140. The van der Waals surface area contributed by atoms with Gasteiger partial charge in [-0.25, -0.2) is 0 Å². The van der Waals surface area contributed by atoms with Gasteiger partial charge in [0.05, 0.1) is 36.6 Å². The Hall–Kier alpha value is -3.42. The first-order valence-electron chi connectivity index (χ1n) is 9.83. The van der Waals surface area contributed by atoms with E-state index < -0.39 is 23.5 Å². The number of halogens is 2. The molecule has 0 aliphatic carbocycles. The molecular formula is C24H19Cl2NO6. The van der Waals surface area contributed by atoms with E-state index in [0.717, 1.165) is 5.56 Å². The molecule has 1 aromatic heterocycles. The third-order valence-corrected chi connectivity index (χ3v) is 5.81. The molecule has 1 aliphatic heterocycles. The van der Waals surface area contributed by atoms with E-state index in [4.69, 9.17) is 37.1 Å². The van der Waals surface area contributed by atoms with Crippen LogP contribution in [0.3, 0.4) is 0 Å². The van der Waals surface area contributed by atoms with Gasteiger partial charge in [0, 0.05) is 11.6 Å². The molecule has 170 valence electrons. The number of hydrogen-bond donors (Lipinski definition) is 1. The van der Waals surface area contributed by atoms with Crippen LogP contribution in [-0.4, -0.2) is 35.9 Å². The van der Waals surface area contributed by atoms with Gasteiger partial charge < -0.3 is 23.9 Å². The van der Waals surface area contributed by atoms with Crippen LogP contribution in [0.15, 0.2) is 64.8 Å². The van der Waals surface area contributed by atoms with Crippen LogP contribution < -0.4 is 9.47 Å². The maximum Gasteiger partial charge on any atom is 0.296 e. The van der Waals surface area contributed by atoms with Gasteiger partial charge in [-0.3, -0.25) is 9.59 Å². The van der Waals surface area contributed by atoms with Crippen molar-refractivity contribution in [2.75, 3.05) is 14.2 Å². The molecule has 3 aromatic rings. The maximum atomic E-state index is 13.1. The number of likely N-dealkylation sites (tertiary alicyclic amines) is 1. The summed E-state index contributed by atoms with van der Waals surface area (Å²) in [6, 6.07) is 12.3. The Bertz CT molecular complexity index is 1250. The second kappa shape index (κ2) is 9.21. The molecule has 1 aliphatic rings. The summed E-state index contributed by atoms with van der Waals surface area (Å²) >= 11 is 12.3. The first-order chi connectivity index (χ1) is 15.8. The largest absolute Gasteiger partial charge is 0.507 e. The first-order valence-corrected chi connectivity index (χ1v) is 10.6. The number of aliphatic hydroxyl groups is 1. The molecule has 1 atom stereocenters. The van der Waals surface area contributed by atoms with Gasteiger partial charge in [0.15, 0.2) is 0 Å². The van der Waals surface area contributed by atoms with Gasteiger partial charge in [-0.05, 0) is 42.0 Å². The number of ketones is 1. The van der Waals surface area contributed by atoms with E-state index in [1.165, 1.54) is 37.5 Å². The zero-order valence-electron chi connectivity index (χ0n) is 17.7. The fourth-order valence-electron chi connectivity index (χ4n) is 3.84. The topological polar surface area (TPSA) is 89.2 Å². The highest BCUT2D eigenvalue weighted by Gasteiger charge is 2.47. The van der Waals surface area contributed by atoms with Crippen molar-refractivity contribution in [3.8, 4) is 11.5 Å². The molecule has 1 amide bonds. The van der Waals surface area contributed by atoms with Crippen LogP contribution in [0, 0.1) is 0 Å². The molecule has 0 saturated carbocycles. The molecule has 1 fully saturated rings. The van der Waals surface area contributed by atoms with Crippen molar-refractivity contribution in [2.24, 2.45) is 0 Å². The predicted octanol–water partition coefficient (Wildman–Crippen LogP) is 5.23. The van der Waals surface area contributed by atoms with Gasteiger partial charge in [-0.1, -0.05) is 35.3 Å². The first kappa shape index (κ1) is 22.8. The SMILES string of the molecule is COc1cccc(CN2C(=O)C(=O)/C(=C(\O)c3cc(Cl)cc(Cl)c3OC)C2c2ccco2)c1. The van der Waals surface area contributed by atoms with Gasteiger partial charge in [-0.2, -0.15) is 0 Å². The van der Waals surface area contributed by atoms with Crippen molar-refractivity contribution in [3.05, 3.63) is 87.3 Å². The summed E-state index contributed by atoms with van der Waals surface area (Å²) in [6.07, 6.45) is 1.43. The summed E-state index contributed by atoms with van der Waals surface area (Å²) in [6.45, 7) is 0.0807. The summed E-state index contributed by atoms with van der Waals surface area (Å²) < 4.78 is 16.1. The number of nitrogens with zero attached hydrogens (tertiary/aromatic N) is 1. The van der Waals surface area contributed by atoms with Crippen molar-refractivity contribution in [1.82, 2.24) is 4.90 Å². The average molecular weight is 488 g/mol. The van der Waals surface area contributed by atoms with Gasteiger partial charge in [0.2, 0.25) is 0 Å². The number of rotatable bonds is 6. The maximum absolute atomic E-state index is 13.1. The zero-order valence-corrected chi connectivity index (χ0v) is 19.2. The molecule has 33 heavy (non-hydrogen) atoms. The Kier molecular flexibility index (Phi) is 6.35. The van der Waals surface area contributed by atoms with Gasteiger partial charge in [0.1, 0.15) is 29.1 Å². The lowest BCUT2D eigenvalue weighted by Gasteiger charge is -2.23. The Morgan fingerprint density at radius 2 is 1.88 bits per heavy atom. The molecule has 4 rings (SSSR count). The number of carbonyl (C=O) groups is 2. The molecule has 1 unspecified atom stereocenters. The van der Waals surface area contributed by atoms with Crippen molar-refractivity contribution in [3.63, 3.8) is 0 Å².